The fourth-order valence-electron chi connectivity index (χ4n) is 4.93. The van der Waals surface area contributed by atoms with Gasteiger partial charge in [-0.25, -0.2) is 8.42 Å². The first-order chi connectivity index (χ1) is 15.9. The minimum Gasteiger partial charge on any atom is -0.353 e. The molecule has 2 amide bonds. The zero-order valence-electron chi connectivity index (χ0n) is 18.9. The summed E-state index contributed by atoms with van der Waals surface area (Å²) in [4.78, 5) is 26.7. The van der Waals surface area contributed by atoms with Crippen LogP contribution in [0.2, 0.25) is 0 Å². The maximum absolute atomic E-state index is 13.6. The average Bonchev–Trinajstić information content (AvgIpc) is 2.84. The Morgan fingerprint density at radius 1 is 0.879 bits per heavy atom. The summed E-state index contributed by atoms with van der Waals surface area (Å²) in [6.45, 7) is 2.83. The van der Waals surface area contributed by atoms with E-state index in [1.807, 2.05) is 35.2 Å². The number of likely N-dealkylation sites (tertiary alicyclic amines) is 1. The molecule has 0 aromatic heterocycles. The van der Waals surface area contributed by atoms with E-state index in [1.54, 1.807) is 30.3 Å². The van der Waals surface area contributed by atoms with Crippen LogP contribution in [0.4, 0.5) is 0 Å². The van der Waals surface area contributed by atoms with E-state index in [0.717, 1.165) is 18.4 Å². The Morgan fingerprint density at radius 3 is 2.09 bits per heavy atom. The van der Waals surface area contributed by atoms with Crippen LogP contribution in [-0.2, 0) is 19.6 Å². The molecule has 2 atom stereocenters. The molecule has 2 aromatic carbocycles. The third-order valence-electron chi connectivity index (χ3n) is 6.63. The predicted octanol–water partition coefficient (Wildman–Crippen LogP) is 2.96. The molecule has 33 heavy (non-hydrogen) atoms. The summed E-state index contributed by atoms with van der Waals surface area (Å²) in [6, 6.07) is 17.9. The SMILES string of the molecule is CC(=O)NC1CCN(C(=O)[C@@H]2CC[C@H](c3ccccc3)N(S(=O)(=O)c3ccccc3)C2)CC1. The number of benzene rings is 2. The molecule has 0 bridgehead atoms. The Kier molecular flexibility index (Phi) is 7.14. The second-order valence-electron chi connectivity index (χ2n) is 8.89. The van der Waals surface area contributed by atoms with Gasteiger partial charge in [0.05, 0.1) is 16.9 Å². The van der Waals surface area contributed by atoms with Gasteiger partial charge in [-0.05, 0) is 43.4 Å². The van der Waals surface area contributed by atoms with Crippen molar-refractivity contribution in [2.75, 3.05) is 19.6 Å². The standard InChI is InChI=1S/C25H31N3O4S/c1-19(29)26-22-14-16-27(17-15-22)25(30)21-12-13-24(20-8-4-2-5-9-20)28(18-21)33(31,32)23-10-6-3-7-11-23/h2-11,21-22,24H,12-18H2,1H3,(H,26,29)/t21-,24-/m1/s1. The number of nitrogens with one attached hydrogen (secondary N) is 1. The van der Waals surface area contributed by atoms with E-state index >= 15 is 0 Å². The van der Waals surface area contributed by atoms with Crippen molar-refractivity contribution in [2.24, 2.45) is 5.92 Å². The molecule has 0 saturated carbocycles. The Morgan fingerprint density at radius 2 is 1.48 bits per heavy atom. The summed E-state index contributed by atoms with van der Waals surface area (Å²) >= 11 is 0. The normalized spacial score (nSPS) is 22.6. The van der Waals surface area contributed by atoms with Gasteiger partial charge in [-0.3, -0.25) is 9.59 Å². The lowest BCUT2D eigenvalue weighted by Gasteiger charge is -2.41. The summed E-state index contributed by atoms with van der Waals surface area (Å²) < 4.78 is 28.8. The number of hydrogen-bond acceptors (Lipinski definition) is 4. The van der Waals surface area contributed by atoms with Gasteiger partial charge in [-0.15, -0.1) is 0 Å². The third-order valence-corrected chi connectivity index (χ3v) is 8.52. The number of sulfonamides is 1. The smallest absolute Gasteiger partial charge is 0.243 e. The Bertz CT molecular complexity index is 1070. The Labute approximate surface area is 195 Å². The maximum atomic E-state index is 13.6. The molecule has 2 saturated heterocycles. The molecular weight excluding hydrogens is 438 g/mol. The molecule has 2 aliphatic heterocycles. The highest BCUT2D eigenvalue weighted by Gasteiger charge is 2.41. The summed E-state index contributed by atoms with van der Waals surface area (Å²) in [5, 5.41) is 2.93. The number of nitrogens with zero attached hydrogens (tertiary/aromatic N) is 2. The molecular formula is C25H31N3O4S. The quantitative estimate of drug-likeness (QED) is 0.730. The lowest BCUT2D eigenvalue weighted by molar-refractivity contribution is -0.138. The maximum Gasteiger partial charge on any atom is 0.243 e. The zero-order valence-corrected chi connectivity index (χ0v) is 19.7. The minimum atomic E-state index is -3.76. The van der Waals surface area contributed by atoms with Gasteiger partial charge < -0.3 is 10.2 Å². The zero-order chi connectivity index (χ0) is 23.4. The van der Waals surface area contributed by atoms with Crippen molar-refractivity contribution in [1.29, 1.82) is 0 Å². The van der Waals surface area contributed by atoms with Crippen LogP contribution in [0, 0.1) is 5.92 Å². The predicted molar refractivity (Wildman–Crippen MR) is 126 cm³/mol. The lowest BCUT2D eigenvalue weighted by Crippen LogP contribution is -2.51. The molecule has 4 rings (SSSR count). The van der Waals surface area contributed by atoms with Crippen LogP contribution in [0.25, 0.3) is 0 Å². The highest BCUT2D eigenvalue weighted by Crippen LogP contribution is 2.38. The monoisotopic (exact) mass is 469 g/mol. The van der Waals surface area contributed by atoms with Crippen molar-refractivity contribution < 1.29 is 18.0 Å². The van der Waals surface area contributed by atoms with E-state index in [-0.39, 0.29) is 41.3 Å². The first-order valence-electron chi connectivity index (χ1n) is 11.5. The van der Waals surface area contributed by atoms with E-state index in [9.17, 15) is 18.0 Å². The van der Waals surface area contributed by atoms with Gasteiger partial charge in [-0.2, -0.15) is 4.31 Å². The first-order valence-corrected chi connectivity index (χ1v) is 13.0. The van der Waals surface area contributed by atoms with Crippen LogP contribution in [-0.4, -0.2) is 55.1 Å². The fourth-order valence-corrected chi connectivity index (χ4v) is 6.64. The highest BCUT2D eigenvalue weighted by atomic mass is 32.2. The number of amides is 2. The van der Waals surface area contributed by atoms with Crippen LogP contribution < -0.4 is 5.32 Å². The van der Waals surface area contributed by atoms with Crippen molar-refractivity contribution in [1.82, 2.24) is 14.5 Å². The fraction of sp³-hybridized carbons (Fsp3) is 0.440. The Balaban J connectivity index is 1.54. The van der Waals surface area contributed by atoms with Crippen LogP contribution in [0.5, 0.6) is 0 Å². The molecule has 0 radical (unpaired) electrons. The van der Waals surface area contributed by atoms with Gasteiger partial charge in [0, 0.05) is 32.6 Å². The van der Waals surface area contributed by atoms with E-state index in [2.05, 4.69) is 5.32 Å². The van der Waals surface area contributed by atoms with E-state index in [4.69, 9.17) is 0 Å². The van der Waals surface area contributed by atoms with Gasteiger partial charge in [0.25, 0.3) is 0 Å². The lowest BCUT2D eigenvalue weighted by atomic mass is 9.89. The molecule has 176 valence electrons. The van der Waals surface area contributed by atoms with Crippen molar-refractivity contribution in [3.8, 4) is 0 Å². The third kappa shape index (κ3) is 5.28. The molecule has 7 nitrogen and oxygen atoms in total. The summed E-state index contributed by atoms with van der Waals surface area (Å²) in [5.41, 5.74) is 0.944. The molecule has 0 unspecified atom stereocenters. The van der Waals surface area contributed by atoms with Crippen LogP contribution in [0.1, 0.15) is 44.2 Å². The largest absolute Gasteiger partial charge is 0.353 e. The van der Waals surface area contributed by atoms with Gasteiger partial charge in [0.15, 0.2) is 0 Å². The highest BCUT2D eigenvalue weighted by molar-refractivity contribution is 7.89. The van der Waals surface area contributed by atoms with Crippen LogP contribution in [0.3, 0.4) is 0 Å². The summed E-state index contributed by atoms with van der Waals surface area (Å²) in [6.07, 6.45) is 2.67. The molecule has 1 N–H and O–H groups in total. The second kappa shape index (κ2) is 10.1. The molecule has 2 aromatic rings. The van der Waals surface area contributed by atoms with Crippen LogP contribution in [0.15, 0.2) is 65.6 Å². The van der Waals surface area contributed by atoms with E-state index in [0.29, 0.717) is 25.9 Å². The molecule has 2 aliphatic rings. The average molecular weight is 470 g/mol. The van der Waals surface area contributed by atoms with Crippen molar-refractivity contribution >= 4 is 21.8 Å². The topological polar surface area (TPSA) is 86.8 Å². The molecule has 8 heteroatoms. The number of piperidine rings is 2. The molecule has 2 fully saturated rings. The number of carbonyl (C=O) groups is 2. The molecule has 0 spiro atoms. The van der Waals surface area contributed by atoms with E-state index < -0.39 is 10.0 Å². The minimum absolute atomic E-state index is 0.0102. The van der Waals surface area contributed by atoms with Gasteiger partial charge >= 0.3 is 0 Å². The van der Waals surface area contributed by atoms with Crippen molar-refractivity contribution in [3.63, 3.8) is 0 Å². The summed E-state index contributed by atoms with van der Waals surface area (Å²) in [7, 11) is -3.76. The second-order valence-corrected chi connectivity index (χ2v) is 10.8. The number of hydrogen-bond donors (Lipinski definition) is 1. The van der Waals surface area contributed by atoms with Crippen LogP contribution >= 0.6 is 0 Å². The van der Waals surface area contributed by atoms with Crippen molar-refractivity contribution in [3.05, 3.63) is 66.2 Å². The van der Waals surface area contributed by atoms with Gasteiger partial charge in [0.2, 0.25) is 21.8 Å². The first kappa shape index (κ1) is 23.4. The summed E-state index contributed by atoms with van der Waals surface area (Å²) in [5.74, 6) is -0.419. The van der Waals surface area contributed by atoms with E-state index in [1.165, 1.54) is 11.2 Å². The van der Waals surface area contributed by atoms with Crippen molar-refractivity contribution in [2.45, 2.75) is 49.6 Å². The number of carbonyl (C=O) groups excluding carboxylic acids is 2. The molecule has 0 aliphatic carbocycles. The van der Waals surface area contributed by atoms with Gasteiger partial charge in [0.1, 0.15) is 0 Å². The molecule has 2 heterocycles. The Hall–Kier alpha value is -2.71. The number of rotatable bonds is 5. The van der Waals surface area contributed by atoms with Gasteiger partial charge in [-0.1, -0.05) is 48.5 Å².